The number of hydrogen-bond acceptors (Lipinski definition) is 5. The van der Waals surface area contributed by atoms with Crippen LogP contribution in [0, 0.1) is 6.92 Å². The largest absolute Gasteiger partial charge is 0.356 e. The number of carbonyl (C=O) groups is 1. The van der Waals surface area contributed by atoms with Crippen molar-refractivity contribution in [2.75, 3.05) is 22.6 Å². The summed E-state index contributed by atoms with van der Waals surface area (Å²) in [6.45, 7) is 1.89. The summed E-state index contributed by atoms with van der Waals surface area (Å²) in [6.07, 6.45) is 2.30. The first-order valence-electron chi connectivity index (χ1n) is 10.2. The van der Waals surface area contributed by atoms with Gasteiger partial charge in [-0.05, 0) is 73.9 Å². The van der Waals surface area contributed by atoms with E-state index in [0.717, 1.165) is 16.9 Å². The predicted molar refractivity (Wildman–Crippen MR) is 133 cm³/mol. The average Bonchev–Trinajstić information content (AvgIpc) is 2.79. The maximum atomic E-state index is 12.9. The Morgan fingerprint density at radius 3 is 2.09 bits per heavy atom. The van der Waals surface area contributed by atoms with E-state index in [9.17, 15) is 13.2 Å². The molecule has 8 heteroatoms. The van der Waals surface area contributed by atoms with E-state index in [-0.39, 0.29) is 4.90 Å². The van der Waals surface area contributed by atoms with Crippen LogP contribution in [-0.4, -0.2) is 32.4 Å². The number of thioether (sulfide) groups is 1. The number of amides is 1. The second kappa shape index (κ2) is 11.2. The fourth-order valence-corrected chi connectivity index (χ4v) is 4.71. The van der Waals surface area contributed by atoms with E-state index in [1.165, 1.54) is 0 Å². The number of hydrogen-bond donors (Lipinski definition) is 3. The molecule has 3 rings (SSSR count). The number of carbonyl (C=O) groups excluding carboxylic acids is 1. The van der Waals surface area contributed by atoms with Crippen molar-refractivity contribution in [3.8, 4) is 0 Å². The molecule has 0 aliphatic heterocycles. The smallest absolute Gasteiger partial charge is 0.242 e. The highest BCUT2D eigenvalue weighted by Crippen LogP contribution is 2.19. The third kappa shape index (κ3) is 6.85. The topological polar surface area (TPSA) is 87.3 Å². The molecule has 0 saturated heterocycles. The van der Waals surface area contributed by atoms with Gasteiger partial charge in [0.05, 0.1) is 4.90 Å². The van der Waals surface area contributed by atoms with Gasteiger partial charge in [0.25, 0.3) is 0 Å². The molecule has 3 N–H and O–H groups in total. The van der Waals surface area contributed by atoms with Gasteiger partial charge < -0.3 is 10.6 Å². The summed E-state index contributed by atoms with van der Waals surface area (Å²) in [6, 6.07) is 22.7. The first-order valence-corrected chi connectivity index (χ1v) is 13.1. The van der Waals surface area contributed by atoms with Crippen molar-refractivity contribution in [2.45, 2.75) is 24.3 Å². The molecular formula is C24H27N3O3S2. The standard InChI is InChI=1S/C24H27N3O3S2/c1-18-8-14-22(15-9-18)32(29,30)27-23(16-17-31-2)24(28)26-21-12-10-20(11-13-21)25-19-6-4-3-5-7-19/h3-15,23,25,27H,16-17H2,1-2H3,(H,26,28). The molecule has 0 aliphatic rings. The lowest BCUT2D eigenvalue weighted by Gasteiger charge is -2.18. The molecule has 0 heterocycles. The molecule has 6 nitrogen and oxygen atoms in total. The van der Waals surface area contributed by atoms with Gasteiger partial charge in [-0.2, -0.15) is 16.5 Å². The van der Waals surface area contributed by atoms with Gasteiger partial charge in [0.15, 0.2) is 0 Å². The number of sulfonamides is 1. The van der Waals surface area contributed by atoms with Gasteiger partial charge in [0, 0.05) is 17.1 Å². The fourth-order valence-electron chi connectivity index (χ4n) is 3.01. The van der Waals surface area contributed by atoms with Crippen LogP contribution in [0.5, 0.6) is 0 Å². The van der Waals surface area contributed by atoms with Crippen LogP contribution in [0.3, 0.4) is 0 Å². The third-order valence-electron chi connectivity index (χ3n) is 4.77. The Morgan fingerprint density at radius 2 is 1.47 bits per heavy atom. The van der Waals surface area contributed by atoms with Crippen molar-refractivity contribution in [2.24, 2.45) is 0 Å². The second-order valence-electron chi connectivity index (χ2n) is 7.33. The number of benzene rings is 3. The van der Waals surface area contributed by atoms with Crippen molar-refractivity contribution >= 4 is 44.8 Å². The molecule has 0 aromatic heterocycles. The Hall–Kier alpha value is -2.81. The van der Waals surface area contributed by atoms with E-state index in [2.05, 4.69) is 15.4 Å². The second-order valence-corrected chi connectivity index (χ2v) is 10.0. The van der Waals surface area contributed by atoms with E-state index in [1.54, 1.807) is 48.2 Å². The molecule has 0 bridgehead atoms. The molecule has 0 spiro atoms. The minimum Gasteiger partial charge on any atom is -0.356 e. The lowest BCUT2D eigenvalue weighted by Crippen LogP contribution is -2.44. The Balaban J connectivity index is 1.68. The molecule has 3 aromatic carbocycles. The van der Waals surface area contributed by atoms with Gasteiger partial charge in [-0.3, -0.25) is 4.79 Å². The van der Waals surface area contributed by atoms with Gasteiger partial charge in [0.2, 0.25) is 15.9 Å². The van der Waals surface area contributed by atoms with Crippen LogP contribution in [0.25, 0.3) is 0 Å². The highest BCUT2D eigenvalue weighted by molar-refractivity contribution is 7.98. The van der Waals surface area contributed by atoms with Gasteiger partial charge >= 0.3 is 0 Å². The number of para-hydroxylation sites is 1. The maximum absolute atomic E-state index is 12.9. The van der Waals surface area contributed by atoms with Gasteiger partial charge in [-0.1, -0.05) is 35.9 Å². The SMILES string of the molecule is CSCCC(NS(=O)(=O)c1ccc(C)cc1)C(=O)Nc1ccc(Nc2ccccc2)cc1. The van der Waals surface area contributed by atoms with Gasteiger partial charge in [-0.15, -0.1) is 0 Å². The van der Waals surface area contributed by atoms with Crippen molar-refractivity contribution < 1.29 is 13.2 Å². The molecular weight excluding hydrogens is 442 g/mol. The van der Waals surface area contributed by atoms with Crippen LogP contribution in [-0.2, 0) is 14.8 Å². The van der Waals surface area contributed by atoms with Crippen molar-refractivity contribution in [3.63, 3.8) is 0 Å². The first-order chi connectivity index (χ1) is 15.4. The maximum Gasteiger partial charge on any atom is 0.242 e. The quantitative estimate of drug-likeness (QED) is 0.398. The summed E-state index contributed by atoms with van der Waals surface area (Å²) in [7, 11) is -3.82. The fraction of sp³-hybridized carbons (Fsp3) is 0.208. The Morgan fingerprint density at radius 1 is 0.875 bits per heavy atom. The van der Waals surface area contributed by atoms with E-state index in [0.29, 0.717) is 17.9 Å². The van der Waals surface area contributed by atoms with E-state index in [4.69, 9.17) is 0 Å². The van der Waals surface area contributed by atoms with Crippen LogP contribution in [0.15, 0.2) is 83.8 Å². The van der Waals surface area contributed by atoms with E-state index in [1.807, 2.05) is 55.6 Å². The monoisotopic (exact) mass is 469 g/mol. The van der Waals surface area contributed by atoms with Crippen LogP contribution in [0.2, 0.25) is 0 Å². The normalized spacial score (nSPS) is 12.2. The molecule has 0 aliphatic carbocycles. The molecule has 0 radical (unpaired) electrons. The van der Waals surface area contributed by atoms with Gasteiger partial charge in [0.1, 0.15) is 6.04 Å². The molecule has 1 unspecified atom stereocenters. The summed E-state index contributed by atoms with van der Waals surface area (Å²) >= 11 is 1.56. The Labute approximate surface area is 193 Å². The molecule has 0 fully saturated rings. The number of rotatable bonds is 10. The molecule has 168 valence electrons. The van der Waals surface area contributed by atoms with Crippen molar-refractivity contribution in [3.05, 3.63) is 84.4 Å². The first kappa shape index (κ1) is 23.8. The lowest BCUT2D eigenvalue weighted by molar-refractivity contribution is -0.117. The van der Waals surface area contributed by atoms with Gasteiger partial charge in [-0.25, -0.2) is 8.42 Å². The molecule has 0 saturated carbocycles. The molecule has 1 atom stereocenters. The van der Waals surface area contributed by atoms with Crippen LogP contribution >= 0.6 is 11.8 Å². The Bertz CT molecular complexity index is 1120. The third-order valence-corrected chi connectivity index (χ3v) is 6.90. The summed E-state index contributed by atoms with van der Waals surface area (Å²) in [5.74, 6) is 0.257. The average molecular weight is 470 g/mol. The highest BCUT2D eigenvalue weighted by atomic mass is 32.2. The molecule has 3 aromatic rings. The van der Waals surface area contributed by atoms with Crippen LogP contribution in [0.4, 0.5) is 17.1 Å². The minimum absolute atomic E-state index is 0.140. The summed E-state index contributed by atoms with van der Waals surface area (Å²) < 4.78 is 28.1. The van der Waals surface area contributed by atoms with Crippen LogP contribution < -0.4 is 15.4 Å². The zero-order chi connectivity index (χ0) is 23.0. The lowest BCUT2D eigenvalue weighted by atomic mass is 10.2. The summed E-state index contributed by atoms with van der Waals surface area (Å²) in [5.41, 5.74) is 3.41. The molecule has 32 heavy (non-hydrogen) atoms. The number of nitrogens with one attached hydrogen (secondary N) is 3. The number of anilines is 3. The Kier molecular flexibility index (Phi) is 8.33. The number of aryl methyl sites for hydroxylation is 1. The zero-order valence-electron chi connectivity index (χ0n) is 18.0. The van der Waals surface area contributed by atoms with Crippen LogP contribution in [0.1, 0.15) is 12.0 Å². The molecule has 1 amide bonds. The summed E-state index contributed by atoms with van der Waals surface area (Å²) in [5, 5.41) is 6.10. The van der Waals surface area contributed by atoms with E-state index < -0.39 is 22.0 Å². The minimum atomic E-state index is -3.82. The summed E-state index contributed by atoms with van der Waals surface area (Å²) in [4.78, 5) is 13.0. The van der Waals surface area contributed by atoms with Crippen molar-refractivity contribution in [1.82, 2.24) is 4.72 Å². The zero-order valence-corrected chi connectivity index (χ0v) is 19.7. The van der Waals surface area contributed by atoms with E-state index >= 15 is 0 Å². The highest BCUT2D eigenvalue weighted by Gasteiger charge is 2.25. The predicted octanol–water partition coefficient (Wildman–Crippen LogP) is 4.78. The van der Waals surface area contributed by atoms with Crippen molar-refractivity contribution in [1.29, 1.82) is 0 Å².